The lowest BCUT2D eigenvalue weighted by Gasteiger charge is -2.13. The molecular weight excluding hydrogens is 240 g/mol. The number of halogens is 1. The van der Waals surface area contributed by atoms with Crippen molar-refractivity contribution in [3.8, 4) is 5.88 Å². The number of aromatic nitrogens is 3. The Kier molecular flexibility index (Phi) is 3.51. The van der Waals surface area contributed by atoms with Gasteiger partial charge in [0.05, 0.1) is 23.9 Å². The number of ether oxygens (including phenoxy) is 1. The Bertz CT molecular complexity index is 520. The van der Waals surface area contributed by atoms with Crippen LogP contribution in [0.1, 0.15) is 17.4 Å². The average molecular weight is 251 g/mol. The lowest BCUT2D eigenvalue weighted by atomic mass is 10.1. The van der Waals surface area contributed by atoms with E-state index in [1.54, 1.807) is 24.5 Å². The van der Waals surface area contributed by atoms with Crippen LogP contribution in [-0.2, 0) is 0 Å². The van der Waals surface area contributed by atoms with Crippen molar-refractivity contribution >= 4 is 11.6 Å². The monoisotopic (exact) mass is 250 g/mol. The van der Waals surface area contributed by atoms with Crippen LogP contribution < -0.4 is 10.5 Å². The van der Waals surface area contributed by atoms with Gasteiger partial charge in [-0.1, -0.05) is 11.6 Å². The maximum absolute atomic E-state index is 6.06. The second kappa shape index (κ2) is 5.07. The summed E-state index contributed by atoms with van der Waals surface area (Å²) in [5, 5.41) is 0.493. The number of pyridine rings is 1. The van der Waals surface area contributed by atoms with Gasteiger partial charge in [-0.2, -0.15) is 0 Å². The SMILES string of the molecule is COc1nccnc1C(N)c1ncccc1Cl. The zero-order valence-electron chi connectivity index (χ0n) is 9.17. The molecule has 2 rings (SSSR count). The smallest absolute Gasteiger partial charge is 0.237 e. The zero-order valence-corrected chi connectivity index (χ0v) is 9.93. The highest BCUT2D eigenvalue weighted by Gasteiger charge is 2.19. The van der Waals surface area contributed by atoms with Crippen LogP contribution in [0.4, 0.5) is 0 Å². The van der Waals surface area contributed by atoms with Gasteiger partial charge in [0.25, 0.3) is 0 Å². The maximum Gasteiger partial charge on any atom is 0.237 e. The quantitative estimate of drug-likeness (QED) is 0.895. The van der Waals surface area contributed by atoms with Crippen molar-refractivity contribution in [3.63, 3.8) is 0 Å². The third-order valence-electron chi connectivity index (χ3n) is 2.26. The first-order valence-corrected chi connectivity index (χ1v) is 5.32. The van der Waals surface area contributed by atoms with Crippen LogP contribution >= 0.6 is 11.6 Å². The van der Waals surface area contributed by atoms with E-state index >= 15 is 0 Å². The van der Waals surface area contributed by atoms with Gasteiger partial charge in [-0.25, -0.2) is 4.98 Å². The van der Waals surface area contributed by atoms with Crippen LogP contribution in [0.25, 0.3) is 0 Å². The molecule has 2 N–H and O–H groups in total. The summed E-state index contributed by atoms with van der Waals surface area (Å²) in [6.45, 7) is 0. The first-order chi connectivity index (χ1) is 8.24. The minimum atomic E-state index is -0.563. The fourth-order valence-electron chi connectivity index (χ4n) is 1.46. The van der Waals surface area contributed by atoms with Crippen molar-refractivity contribution < 1.29 is 4.74 Å². The van der Waals surface area contributed by atoms with E-state index in [0.717, 1.165) is 0 Å². The number of methoxy groups -OCH3 is 1. The van der Waals surface area contributed by atoms with E-state index in [0.29, 0.717) is 22.3 Å². The molecule has 88 valence electrons. The standard InChI is InChI=1S/C11H11ClN4O/c1-17-11-10(15-5-6-16-11)8(13)9-7(12)3-2-4-14-9/h2-6,8H,13H2,1H3. The first kappa shape index (κ1) is 11.8. The van der Waals surface area contributed by atoms with Gasteiger partial charge in [0.15, 0.2) is 0 Å². The van der Waals surface area contributed by atoms with Gasteiger partial charge in [0.1, 0.15) is 5.69 Å². The normalized spacial score (nSPS) is 12.2. The van der Waals surface area contributed by atoms with Gasteiger partial charge >= 0.3 is 0 Å². The third kappa shape index (κ3) is 2.35. The Morgan fingerprint density at radius 1 is 1.18 bits per heavy atom. The van der Waals surface area contributed by atoms with E-state index in [-0.39, 0.29) is 0 Å². The van der Waals surface area contributed by atoms with Crippen LogP contribution in [0, 0.1) is 0 Å². The summed E-state index contributed by atoms with van der Waals surface area (Å²) in [5.41, 5.74) is 7.12. The molecule has 0 radical (unpaired) electrons. The molecule has 1 atom stereocenters. The van der Waals surface area contributed by atoms with Crippen molar-refractivity contribution in [1.82, 2.24) is 15.0 Å². The van der Waals surface area contributed by atoms with Gasteiger partial charge < -0.3 is 10.5 Å². The summed E-state index contributed by atoms with van der Waals surface area (Å²) < 4.78 is 5.10. The Hall–Kier alpha value is -1.72. The highest BCUT2D eigenvalue weighted by atomic mass is 35.5. The lowest BCUT2D eigenvalue weighted by molar-refractivity contribution is 0.386. The Morgan fingerprint density at radius 3 is 2.59 bits per heavy atom. The number of hydrogen-bond acceptors (Lipinski definition) is 5. The summed E-state index contributed by atoms with van der Waals surface area (Å²) >= 11 is 6.03. The van der Waals surface area contributed by atoms with Gasteiger partial charge in [-0.3, -0.25) is 9.97 Å². The Balaban J connectivity index is 2.44. The second-order valence-corrected chi connectivity index (χ2v) is 3.71. The molecule has 0 fully saturated rings. The van der Waals surface area contributed by atoms with E-state index in [4.69, 9.17) is 22.1 Å². The largest absolute Gasteiger partial charge is 0.480 e. The van der Waals surface area contributed by atoms with Gasteiger partial charge in [-0.05, 0) is 12.1 Å². The third-order valence-corrected chi connectivity index (χ3v) is 2.58. The molecule has 1 unspecified atom stereocenters. The van der Waals surface area contributed by atoms with Crippen LogP contribution in [0.2, 0.25) is 5.02 Å². The molecule has 5 nitrogen and oxygen atoms in total. The van der Waals surface area contributed by atoms with Crippen molar-refractivity contribution in [2.24, 2.45) is 5.73 Å². The molecule has 2 aromatic rings. The van der Waals surface area contributed by atoms with Gasteiger partial charge in [0.2, 0.25) is 5.88 Å². The van der Waals surface area contributed by atoms with Crippen LogP contribution in [0.15, 0.2) is 30.7 Å². The molecule has 2 heterocycles. The maximum atomic E-state index is 6.06. The van der Waals surface area contributed by atoms with E-state index in [1.165, 1.54) is 13.3 Å². The number of nitrogens with two attached hydrogens (primary N) is 1. The highest BCUT2D eigenvalue weighted by molar-refractivity contribution is 6.31. The molecule has 6 heteroatoms. The van der Waals surface area contributed by atoms with Crippen molar-refractivity contribution in [2.75, 3.05) is 7.11 Å². The molecular formula is C11H11ClN4O. The van der Waals surface area contributed by atoms with Crippen LogP contribution in [0.5, 0.6) is 5.88 Å². The predicted molar refractivity (Wildman–Crippen MR) is 63.9 cm³/mol. The molecule has 0 aliphatic heterocycles. The minimum Gasteiger partial charge on any atom is -0.480 e. The van der Waals surface area contributed by atoms with E-state index < -0.39 is 6.04 Å². The summed E-state index contributed by atoms with van der Waals surface area (Å²) in [4.78, 5) is 12.3. The minimum absolute atomic E-state index is 0.377. The fraction of sp³-hybridized carbons (Fsp3) is 0.182. The summed E-state index contributed by atoms with van der Waals surface area (Å²) in [7, 11) is 1.51. The zero-order chi connectivity index (χ0) is 12.3. The molecule has 0 aliphatic rings. The number of hydrogen-bond donors (Lipinski definition) is 1. The van der Waals surface area contributed by atoms with Crippen molar-refractivity contribution in [3.05, 3.63) is 47.1 Å². The molecule has 0 aliphatic carbocycles. The average Bonchev–Trinajstić information content (AvgIpc) is 2.38. The van der Waals surface area contributed by atoms with Gasteiger partial charge in [-0.15, -0.1) is 0 Å². The van der Waals surface area contributed by atoms with Crippen LogP contribution in [-0.4, -0.2) is 22.1 Å². The lowest BCUT2D eigenvalue weighted by Crippen LogP contribution is -2.17. The topological polar surface area (TPSA) is 73.9 Å². The first-order valence-electron chi connectivity index (χ1n) is 4.95. The predicted octanol–water partition coefficient (Wildman–Crippen LogP) is 1.58. The molecule has 0 amide bonds. The Labute approximate surface area is 104 Å². The fourth-order valence-corrected chi connectivity index (χ4v) is 1.70. The van der Waals surface area contributed by atoms with Crippen LogP contribution in [0.3, 0.4) is 0 Å². The summed E-state index contributed by atoms with van der Waals surface area (Å²) in [5.74, 6) is 0.377. The number of nitrogens with zero attached hydrogens (tertiary/aromatic N) is 3. The second-order valence-electron chi connectivity index (χ2n) is 3.30. The van der Waals surface area contributed by atoms with Crippen molar-refractivity contribution in [1.29, 1.82) is 0 Å². The van der Waals surface area contributed by atoms with Crippen molar-refractivity contribution in [2.45, 2.75) is 6.04 Å². The van der Waals surface area contributed by atoms with E-state index in [1.807, 2.05) is 0 Å². The molecule has 2 aromatic heterocycles. The molecule has 0 spiro atoms. The molecule has 0 saturated carbocycles. The molecule has 17 heavy (non-hydrogen) atoms. The summed E-state index contributed by atoms with van der Waals surface area (Å²) in [6, 6.07) is 2.91. The molecule has 0 bridgehead atoms. The summed E-state index contributed by atoms with van der Waals surface area (Å²) in [6.07, 6.45) is 4.72. The number of rotatable bonds is 3. The van der Waals surface area contributed by atoms with E-state index in [2.05, 4.69) is 15.0 Å². The molecule has 0 aromatic carbocycles. The molecule has 0 saturated heterocycles. The van der Waals surface area contributed by atoms with E-state index in [9.17, 15) is 0 Å². The highest BCUT2D eigenvalue weighted by Crippen LogP contribution is 2.26. The van der Waals surface area contributed by atoms with Gasteiger partial charge in [0, 0.05) is 18.6 Å². The Morgan fingerprint density at radius 2 is 1.88 bits per heavy atom.